The number of rotatable bonds is 11. The van der Waals surface area contributed by atoms with Crippen molar-refractivity contribution in [3.05, 3.63) is 0 Å². The Morgan fingerprint density at radius 1 is 1.05 bits per heavy atom. The zero-order chi connectivity index (χ0) is 15.7. The van der Waals surface area contributed by atoms with Crippen LogP contribution in [0, 0.1) is 0 Å². The molecule has 0 aromatic carbocycles. The standard InChI is InChI=1S/C15H28O5Si/c1-4-7-10-18-21(19-11-8-5-2)15(9-6-3)12-13(16)20-14(15)17/h21H,4-12H2,1-3H3. The topological polar surface area (TPSA) is 61.8 Å². The van der Waals surface area contributed by atoms with Gasteiger partial charge in [-0.15, -0.1) is 0 Å². The van der Waals surface area contributed by atoms with E-state index in [0.29, 0.717) is 19.6 Å². The van der Waals surface area contributed by atoms with Crippen molar-refractivity contribution < 1.29 is 23.2 Å². The van der Waals surface area contributed by atoms with Gasteiger partial charge in [0, 0.05) is 13.2 Å². The van der Waals surface area contributed by atoms with Crippen molar-refractivity contribution in [3.8, 4) is 0 Å². The van der Waals surface area contributed by atoms with E-state index in [0.717, 1.165) is 32.1 Å². The molecule has 0 saturated carbocycles. The lowest BCUT2D eigenvalue weighted by Gasteiger charge is -2.30. The quantitative estimate of drug-likeness (QED) is 0.254. The van der Waals surface area contributed by atoms with E-state index in [9.17, 15) is 9.59 Å². The Morgan fingerprint density at radius 3 is 2.00 bits per heavy atom. The molecule has 0 aromatic heterocycles. The molecule has 0 aliphatic carbocycles. The highest BCUT2D eigenvalue weighted by atomic mass is 28.3. The van der Waals surface area contributed by atoms with Crippen LogP contribution in [0.2, 0.25) is 5.04 Å². The van der Waals surface area contributed by atoms with E-state index in [1.807, 2.05) is 6.92 Å². The molecule has 6 heteroatoms. The molecule has 21 heavy (non-hydrogen) atoms. The number of hydrogen-bond donors (Lipinski definition) is 0. The van der Waals surface area contributed by atoms with Gasteiger partial charge in [0.1, 0.15) is 5.04 Å². The molecule has 0 radical (unpaired) electrons. The molecule has 1 rings (SSSR count). The molecule has 1 fully saturated rings. The Morgan fingerprint density at radius 2 is 1.62 bits per heavy atom. The minimum absolute atomic E-state index is 0.120. The first-order chi connectivity index (χ1) is 10.1. The van der Waals surface area contributed by atoms with E-state index in [-0.39, 0.29) is 6.42 Å². The zero-order valence-corrected chi connectivity index (χ0v) is 14.6. The van der Waals surface area contributed by atoms with Crippen LogP contribution in [0.25, 0.3) is 0 Å². The lowest BCUT2D eigenvalue weighted by Crippen LogP contribution is -2.42. The first-order valence-corrected chi connectivity index (χ1v) is 9.61. The van der Waals surface area contributed by atoms with Crippen molar-refractivity contribution >= 4 is 21.2 Å². The fourth-order valence-electron chi connectivity index (χ4n) is 2.54. The summed E-state index contributed by atoms with van der Waals surface area (Å²) < 4.78 is 16.7. The third-order valence-corrected chi connectivity index (χ3v) is 6.46. The Hall–Kier alpha value is -0.723. The van der Waals surface area contributed by atoms with Crippen LogP contribution in [-0.2, 0) is 23.2 Å². The Labute approximate surface area is 129 Å². The van der Waals surface area contributed by atoms with Gasteiger partial charge in [0.15, 0.2) is 0 Å². The maximum atomic E-state index is 12.2. The fourth-order valence-corrected chi connectivity index (χ4v) is 5.15. The molecule has 1 heterocycles. The number of hydrogen-bond acceptors (Lipinski definition) is 5. The average Bonchev–Trinajstić information content (AvgIpc) is 2.73. The number of unbranched alkanes of at least 4 members (excludes halogenated alkanes) is 2. The first-order valence-electron chi connectivity index (χ1n) is 8.09. The van der Waals surface area contributed by atoms with Crippen molar-refractivity contribution in [2.24, 2.45) is 0 Å². The van der Waals surface area contributed by atoms with E-state index in [1.165, 1.54) is 0 Å². The molecule has 0 spiro atoms. The van der Waals surface area contributed by atoms with E-state index in [1.54, 1.807) is 0 Å². The normalized spacial score (nSPS) is 22.1. The van der Waals surface area contributed by atoms with Crippen molar-refractivity contribution in [3.63, 3.8) is 0 Å². The average molecular weight is 316 g/mol. The van der Waals surface area contributed by atoms with Gasteiger partial charge in [-0.1, -0.05) is 40.0 Å². The van der Waals surface area contributed by atoms with Gasteiger partial charge in [-0.2, -0.15) is 0 Å². The number of carbonyl (C=O) groups excluding carboxylic acids is 2. The zero-order valence-electron chi connectivity index (χ0n) is 13.5. The highest BCUT2D eigenvalue weighted by Crippen LogP contribution is 2.46. The number of esters is 2. The summed E-state index contributed by atoms with van der Waals surface area (Å²) >= 11 is 0. The minimum Gasteiger partial charge on any atom is -0.396 e. The molecule has 1 atom stereocenters. The summed E-state index contributed by atoms with van der Waals surface area (Å²) in [4.78, 5) is 23.8. The molecule has 1 saturated heterocycles. The van der Waals surface area contributed by atoms with Crippen LogP contribution >= 0.6 is 0 Å². The Bertz CT molecular complexity index is 337. The Kier molecular flexibility index (Phi) is 8.14. The van der Waals surface area contributed by atoms with Gasteiger partial charge in [-0.05, 0) is 19.3 Å². The predicted octanol–water partition coefficient (Wildman–Crippen LogP) is 2.85. The van der Waals surface area contributed by atoms with Crippen molar-refractivity contribution in [1.82, 2.24) is 0 Å². The third kappa shape index (κ3) is 4.90. The van der Waals surface area contributed by atoms with Gasteiger partial charge in [0.05, 0.1) is 6.42 Å². The second kappa shape index (κ2) is 9.33. The summed E-state index contributed by atoms with van der Waals surface area (Å²) in [6.45, 7) is 7.36. The number of cyclic esters (lactones) is 2. The molecule has 5 nitrogen and oxygen atoms in total. The smallest absolute Gasteiger partial charge is 0.339 e. The first kappa shape index (κ1) is 18.3. The molecular weight excluding hydrogens is 288 g/mol. The lowest BCUT2D eigenvalue weighted by atomic mass is 10.0. The second-order valence-corrected chi connectivity index (χ2v) is 8.06. The second-order valence-electron chi connectivity index (χ2n) is 5.63. The SMILES string of the molecule is CCCCO[SiH](OCCCC)C1(CCC)CC(=O)OC1=O. The summed E-state index contributed by atoms with van der Waals surface area (Å²) in [5.41, 5.74) is 0. The van der Waals surface area contributed by atoms with Gasteiger partial charge in [-0.3, -0.25) is 9.59 Å². The van der Waals surface area contributed by atoms with Crippen LogP contribution < -0.4 is 0 Å². The van der Waals surface area contributed by atoms with Gasteiger partial charge in [0.25, 0.3) is 0 Å². The van der Waals surface area contributed by atoms with Gasteiger partial charge in [-0.25, -0.2) is 0 Å². The molecule has 0 aromatic rings. The van der Waals surface area contributed by atoms with Crippen molar-refractivity contribution in [1.29, 1.82) is 0 Å². The maximum absolute atomic E-state index is 12.2. The van der Waals surface area contributed by atoms with Gasteiger partial charge >= 0.3 is 21.2 Å². The van der Waals surface area contributed by atoms with Crippen LogP contribution in [0.15, 0.2) is 0 Å². The van der Waals surface area contributed by atoms with E-state index < -0.39 is 26.3 Å². The van der Waals surface area contributed by atoms with Crippen molar-refractivity contribution in [2.75, 3.05) is 13.2 Å². The minimum atomic E-state index is -2.29. The third-order valence-electron chi connectivity index (χ3n) is 3.75. The molecule has 0 amide bonds. The van der Waals surface area contributed by atoms with Gasteiger partial charge < -0.3 is 13.6 Å². The summed E-state index contributed by atoms with van der Waals surface area (Å²) in [6, 6.07) is 0. The molecule has 0 N–H and O–H groups in total. The van der Waals surface area contributed by atoms with Crippen LogP contribution in [0.4, 0.5) is 0 Å². The maximum Gasteiger partial charge on any atom is 0.339 e. The molecule has 1 unspecified atom stereocenters. The highest BCUT2D eigenvalue weighted by Gasteiger charge is 2.57. The van der Waals surface area contributed by atoms with E-state index in [2.05, 4.69) is 13.8 Å². The molecular formula is C15H28O5Si. The summed E-state index contributed by atoms with van der Waals surface area (Å²) in [5.74, 6) is -0.872. The summed E-state index contributed by atoms with van der Waals surface area (Å²) in [7, 11) is -2.29. The lowest BCUT2D eigenvalue weighted by molar-refractivity contribution is -0.153. The Balaban J connectivity index is 2.82. The largest absolute Gasteiger partial charge is 0.396 e. The molecule has 1 aliphatic rings. The fraction of sp³-hybridized carbons (Fsp3) is 0.867. The molecule has 122 valence electrons. The van der Waals surface area contributed by atoms with E-state index in [4.69, 9.17) is 13.6 Å². The van der Waals surface area contributed by atoms with E-state index >= 15 is 0 Å². The summed E-state index contributed by atoms with van der Waals surface area (Å²) in [5, 5.41) is -0.826. The van der Waals surface area contributed by atoms with Crippen LogP contribution in [-0.4, -0.2) is 34.4 Å². The molecule has 1 aliphatic heterocycles. The number of ether oxygens (including phenoxy) is 1. The predicted molar refractivity (Wildman–Crippen MR) is 82.2 cm³/mol. The van der Waals surface area contributed by atoms with Gasteiger partial charge in [0.2, 0.25) is 0 Å². The van der Waals surface area contributed by atoms with Crippen molar-refractivity contribution in [2.45, 2.75) is 70.8 Å². The summed E-state index contributed by atoms with van der Waals surface area (Å²) in [6.07, 6.45) is 5.46. The highest BCUT2D eigenvalue weighted by molar-refractivity contribution is 6.56. The van der Waals surface area contributed by atoms with Crippen LogP contribution in [0.5, 0.6) is 0 Å². The van der Waals surface area contributed by atoms with Crippen LogP contribution in [0.3, 0.4) is 0 Å². The number of carbonyl (C=O) groups is 2. The monoisotopic (exact) mass is 316 g/mol. The molecule has 0 bridgehead atoms. The van der Waals surface area contributed by atoms with Crippen LogP contribution in [0.1, 0.15) is 65.7 Å².